The van der Waals surface area contributed by atoms with Gasteiger partial charge in [-0.05, 0) is 40.1 Å². The Morgan fingerprint density at radius 3 is 2.03 bits per heavy atom. The first-order chi connectivity index (χ1) is 17.8. The van der Waals surface area contributed by atoms with Crippen LogP contribution in [0.1, 0.15) is 35.2 Å². The number of amides is 2. The molecule has 4 aromatic rings. The molecule has 0 unspecified atom stereocenters. The summed E-state index contributed by atoms with van der Waals surface area (Å²) in [4.78, 5) is 49.4. The molecule has 37 heavy (non-hydrogen) atoms. The van der Waals surface area contributed by atoms with Crippen LogP contribution in [0.5, 0.6) is 0 Å². The van der Waals surface area contributed by atoms with Crippen LogP contribution in [0.4, 0.5) is 5.69 Å². The number of nitro benzene ring substituents is 1. The van der Waals surface area contributed by atoms with Crippen LogP contribution < -0.4 is 11.1 Å². The van der Waals surface area contributed by atoms with Crippen molar-refractivity contribution in [3.8, 4) is 0 Å². The van der Waals surface area contributed by atoms with E-state index in [2.05, 4.69) is 5.32 Å². The number of primary amides is 1. The minimum absolute atomic E-state index is 0.126. The van der Waals surface area contributed by atoms with Crippen molar-refractivity contribution in [3.63, 3.8) is 0 Å². The topological polar surface area (TPSA) is 142 Å². The molecular weight excluding hydrogens is 474 g/mol. The zero-order valence-corrected chi connectivity index (χ0v) is 20.0. The highest BCUT2D eigenvalue weighted by molar-refractivity contribution is 6.18. The molecule has 0 spiro atoms. The number of hydrogen-bond acceptors (Lipinski definition) is 6. The van der Waals surface area contributed by atoms with Crippen molar-refractivity contribution in [3.05, 3.63) is 100 Å². The molecule has 0 radical (unpaired) electrons. The number of rotatable bonds is 9. The number of esters is 1. The molecule has 0 saturated heterocycles. The summed E-state index contributed by atoms with van der Waals surface area (Å²) in [6.45, 7) is 1.78. The van der Waals surface area contributed by atoms with Gasteiger partial charge in [-0.3, -0.25) is 24.5 Å². The van der Waals surface area contributed by atoms with Gasteiger partial charge in [-0.15, -0.1) is 0 Å². The predicted molar refractivity (Wildman–Crippen MR) is 139 cm³/mol. The molecule has 2 amide bonds. The van der Waals surface area contributed by atoms with E-state index in [9.17, 15) is 24.5 Å². The Bertz CT molecular complexity index is 1450. The molecule has 9 heteroatoms. The average Bonchev–Trinajstić information content (AvgIpc) is 2.89. The summed E-state index contributed by atoms with van der Waals surface area (Å²) in [5.41, 5.74) is 6.38. The molecule has 0 fully saturated rings. The molecule has 0 heterocycles. The fraction of sp³-hybridized carbons (Fsp3) is 0.179. The fourth-order valence-electron chi connectivity index (χ4n) is 4.51. The lowest BCUT2D eigenvalue weighted by molar-refractivity contribution is -0.384. The lowest BCUT2D eigenvalue weighted by Crippen LogP contribution is -2.48. The monoisotopic (exact) mass is 499 g/mol. The number of nitrogens with two attached hydrogens (primary N) is 1. The van der Waals surface area contributed by atoms with E-state index in [1.165, 1.54) is 24.3 Å². The zero-order chi connectivity index (χ0) is 26.5. The number of nitrogens with one attached hydrogen (secondary N) is 1. The van der Waals surface area contributed by atoms with Gasteiger partial charge < -0.3 is 15.8 Å². The van der Waals surface area contributed by atoms with E-state index in [-0.39, 0.29) is 18.7 Å². The number of carbonyl (C=O) groups excluding carboxylic acids is 3. The van der Waals surface area contributed by atoms with Gasteiger partial charge >= 0.3 is 5.97 Å². The molecule has 0 aliphatic carbocycles. The smallest absolute Gasteiger partial charge is 0.306 e. The maximum atomic E-state index is 13.8. The van der Waals surface area contributed by atoms with Gasteiger partial charge in [0.2, 0.25) is 5.91 Å². The summed E-state index contributed by atoms with van der Waals surface area (Å²) in [5, 5.41) is 16.9. The van der Waals surface area contributed by atoms with Gasteiger partial charge in [0.15, 0.2) is 0 Å². The minimum atomic E-state index is -1.30. The van der Waals surface area contributed by atoms with E-state index in [1.54, 1.807) is 6.92 Å². The third-order valence-electron chi connectivity index (χ3n) is 6.22. The van der Waals surface area contributed by atoms with Gasteiger partial charge in [-0.2, -0.15) is 0 Å². The van der Waals surface area contributed by atoms with E-state index in [4.69, 9.17) is 10.5 Å². The fourth-order valence-corrected chi connectivity index (χ4v) is 4.51. The summed E-state index contributed by atoms with van der Waals surface area (Å²) in [6, 6.07) is 20.9. The Hall–Kier alpha value is -4.79. The van der Waals surface area contributed by atoms with Crippen LogP contribution in [0, 0.1) is 10.1 Å². The maximum Gasteiger partial charge on any atom is 0.306 e. The van der Waals surface area contributed by atoms with Gasteiger partial charge in [0.05, 0.1) is 23.5 Å². The number of ether oxygens (including phenoxy) is 1. The molecule has 9 nitrogen and oxygen atoms in total. The number of nitro groups is 1. The molecule has 0 saturated carbocycles. The second-order valence-electron chi connectivity index (χ2n) is 8.51. The van der Waals surface area contributed by atoms with Crippen molar-refractivity contribution >= 4 is 45.0 Å². The van der Waals surface area contributed by atoms with Gasteiger partial charge in [0.1, 0.15) is 6.04 Å². The molecule has 4 rings (SSSR count). The number of benzene rings is 4. The molecule has 0 bridgehead atoms. The highest BCUT2D eigenvalue weighted by Crippen LogP contribution is 2.30. The molecule has 4 aromatic carbocycles. The lowest BCUT2D eigenvalue weighted by atomic mass is 9.87. The first-order valence-electron chi connectivity index (χ1n) is 11.7. The second-order valence-corrected chi connectivity index (χ2v) is 8.51. The third kappa shape index (κ3) is 5.40. The maximum absolute atomic E-state index is 13.8. The van der Waals surface area contributed by atoms with E-state index >= 15 is 0 Å². The van der Waals surface area contributed by atoms with E-state index in [1.807, 2.05) is 54.6 Å². The van der Waals surface area contributed by atoms with Crippen LogP contribution >= 0.6 is 0 Å². The molecule has 188 valence electrons. The lowest BCUT2D eigenvalue weighted by Gasteiger charge is -2.26. The number of fused-ring (bicyclic) bond motifs is 2. The first-order valence-corrected chi connectivity index (χ1v) is 11.7. The van der Waals surface area contributed by atoms with E-state index < -0.39 is 34.7 Å². The summed E-state index contributed by atoms with van der Waals surface area (Å²) in [5.74, 6) is -2.90. The van der Waals surface area contributed by atoms with Crippen molar-refractivity contribution in [2.75, 3.05) is 6.61 Å². The van der Waals surface area contributed by atoms with Crippen molar-refractivity contribution in [2.24, 2.45) is 5.73 Å². The van der Waals surface area contributed by atoms with E-state index in [0.717, 1.165) is 10.8 Å². The number of nitrogens with zero attached hydrogens (tertiary/aromatic N) is 1. The van der Waals surface area contributed by atoms with Crippen LogP contribution in [0.15, 0.2) is 78.9 Å². The Morgan fingerprint density at radius 2 is 1.51 bits per heavy atom. The number of hydrogen-bond donors (Lipinski definition) is 2. The number of non-ortho nitro benzene ring substituents is 1. The quantitative estimate of drug-likeness (QED) is 0.153. The van der Waals surface area contributed by atoms with Crippen LogP contribution in [0.2, 0.25) is 0 Å². The molecule has 0 aliphatic heterocycles. The summed E-state index contributed by atoms with van der Waals surface area (Å²) in [6.07, 6.45) is -0.268. The van der Waals surface area contributed by atoms with Crippen LogP contribution in [0.3, 0.4) is 0 Å². The van der Waals surface area contributed by atoms with E-state index in [0.29, 0.717) is 21.9 Å². The minimum Gasteiger partial charge on any atom is -0.466 e. The van der Waals surface area contributed by atoms with Crippen LogP contribution in [-0.2, 0) is 14.3 Å². The molecular formula is C28H25N3O6. The average molecular weight is 500 g/mol. The second kappa shape index (κ2) is 10.9. The third-order valence-corrected chi connectivity index (χ3v) is 6.22. The normalized spacial score (nSPS) is 12.6. The van der Waals surface area contributed by atoms with Gasteiger partial charge in [0.25, 0.3) is 11.6 Å². The van der Waals surface area contributed by atoms with Crippen molar-refractivity contribution < 1.29 is 24.0 Å². The van der Waals surface area contributed by atoms with Gasteiger partial charge in [-0.1, -0.05) is 60.7 Å². The standard InChI is InChI=1S/C28H25N3O6/c1-2-37-24(32)16-23(17-11-13-20(14-12-17)31(35)36)26(27(29)33)30-28(34)25-21-9-5-3-7-18(21)15-19-8-4-6-10-22(19)25/h3-15,23,26H,2,16H2,1H3,(H2,29,33)(H,30,34)/t23-,26+/m0/s1. The molecule has 0 aromatic heterocycles. The highest BCUT2D eigenvalue weighted by atomic mass is 16.6. The highest BCUT2D eigenvalue weighted by Gasteiger charge is 2.33. The molecule has 2 atom stereocenters. The summed E-state index contributed by atoms with van der Waals surface area (Å²) in [7, 11) is 0. The molecule has 3 N–H and O–H groups in total. The molecule has 0 aliphatic rings. The van der Waals surface area contributed by atoms with Crippen molar-refractivity contribution in [1.29, 1.82) is 0 Å². The first kappa shape index (κ1) is 25.3. The van der Waals surface area contributed by atoms with Gasteiger partial charge in [0, 0.05) is 18.1 Å². The summed E-state index contributed by atoms with van der Waals surface area (Å²) >= 11 is 0. The van der Waals surface area contributed by atoms with Crippen LogP contribution in [0.25, 0.3) is 21.5 Å². The van der Waals surface area contributed by atoms with Crippen LogP contribution in [-0.4, -0.2) is 35.4 Å². The van der Waals surface area contributed by atoms with Crippen molar-refractivity contribution in [2.45, 2.75) is 25.3 Å². The van der Waals surface area contributed by atoms with Gasteiger partial charge in [-0.25, -0.2) is 0 Å². The Kier molecular flexibility index (Phi) is 7.43. The SMILES string of the molecule is CCOC(=O)C[C@@H](c1ccc([N+](=O)[O-])cc1)[C@@H](NC(=O)c1c2ccccc2cc2ccccc12)C(N)=O. The summed E-state index contributed by atoms with van der Waals surface area (Å²) < 4.78 is 5.08. The van der Waals surface area contributed by atoms with Crippen molar-refractivity contribution in [1.82, 2.24) is 5.32 Å². The number of carbonyl (C=O) groups is 3. The predicted octanol–water partition coefficient (Wildman–Crippen LogP) is 4.22. The Morgan fingerprint density at radius 1 is 0.946 bits per heavy atom. The zero-order valence-electron chi connectivity index (χ0n) is 20.0. The Balaban J connectivity index is 1.78. The Labute approximate surface area is 212 Å². The largest absolute Gasteiger partial charge is 0.466 e.